The molecule has 0 aliphatic carbocycles. The lowest BCUT2D eigenvalue weighted by atomic mass is 10.0. The normalized spacial score (nSPS) is 14.2. The fraction of sp³-hybridized carbons (Fsp3) is 0.538. The Morgan fingerprint density at radius 2 is 1.71 bits per heavy atom. The fourth-order valence-electron chi connectivity index (χ4n) is 1.78. The van der Waals surface area contributed by atoms with Gasteiger partial charge in [0.15, 0.2) is 0 Å². The van der Waals surface area contributed by atoms with Crippen molar-refractivity contribution in [2.45, 2.75) is 25.3 Å². The van der Waals surface area contributed by atoms with E-state index in [2.05, 4.69) is 10.1 Å². The highest BCUT2D eigenvalue weighted by Crippen LogP contribution is 2.34. The molecule has 120 valence electrons. The molecule has 2 nitrogen and oxygen atoms in total. The van der Waals surface area contributed by atoms with Crippen molar-refractivity contribution in [2.75, 3.05) is 19.8 Å². The first kappa shape index (κ1) is 17.8. The molecule has 0 saturated carbocycles. The van der Waals surface area contributed by atoms with E-state index in [1.54, 1.807) is 0 Å². The standard InChI is InChI=1S/C13H15F6NO/c1-9(20-6-7-21-8-12(14,15)16)10-4-2-3-5-11(10)13(17,18)19/h2-5,9,20H,6-8H2,1H3. The molecular weight excluding hydrogens is 300 g/mol. The summed E-state index contributed by atoms with van der Waals surface area (Å²) in [7, 11) is 0. The van der Waals surface area contributed by atoms with Crippen molar-refractivity contribution in [2.24, 2.45) is 0 Å². The van der Waals surface area contributed by atoms with E-state index in [4.69, 9.17) is 0 Å². The Morgan fingerprint density at radius 3 is 2.29 bits per heavy atom. The number of alkyl halides is 6. The van der Waals surface area contributed by atoms with Crippen LogP contribution in [0.1, 0.15) is 24.1 Å². The van der Waals surface area contributed by atoms with Gasteiger partial charge in [-0.2, -0.15) is 26.3 Å². The number of nitrogens with one attached hydrogen (secondary N) is 1. The van der Waals surface area contributed by atoms with Gasteiger partial charge in [0.1, 0.15) is 6.61 Å². The van der Waals surface area contributed by atoms with Crippen LogP contribution in [0.5, 0.6) is 0 Å². The molecule has 1 rings (SSSR count). The van der Waals surface area contributed by atoms with Crippen LogP contribution in [-0.2, 0) is 10.9 Å². The van der Waals surface area contributed by atoms with Crippen LogP contribution in [0.25, 0.3) is 0 Å². The third-order valence-electron chi connectivity index (χ3n) is 2.70. The van der Waals surface area contributed by atoms with Gasteiger partial charge in [-0.3, -0.25) is 0 Å². The lowest BCUT2D eigenvalue weighted by Gasteiger charge is -2.19. The number of hydrogen-bond donors (Lipinski definition) is 1. The Balaban J connectivity index is 2.51. The predicted molar refractivity (Wildman–Crippen MR) is 64.7 cm³/mol. The van der Waals surface area contributed by atoms with E-state index in [0.717, 1.165) is 6.07 Å². The molecule has 0 spiro atoms. The second-order valence-corrected chi connectivity index (χ2v) is 4.43. The zero-order valence-corrected chi connectivity index (χ0v) is 11.2. The molecule has 1 aromatic rings. The van der Waals surface area contributed by atoms with Crippen molar-refractivity contribution >= 4 is 0 Å². The minimum absolute atomic E-state index is 0.0173. The lowest BCUT2D eigenvalue weighted by molar-refractivity contribution is -0.173. The van der Waals surface area contributed by atoms with Crippen molar-refractivity contribution in [3.05, 3.63) is 35.4 Å². The van der Waals surface area contributed by atoms with E-state index in [9.17, 15) is 26.3 Å². The molecule has 0 aromatic heterocycles. The van der Waals surface area contributed by atoms with Gasteiger partial charge in [-0.25, -0.2) is 0 Å². The average molecular weight is 315 g/mol. The van der Waals surface area contributed by atoms with Crippen LogP contribution in [0.15, 0.2) is 24.3 Å². The minimum atomic E-state index is -4.47. The van der Waals surface area contributed by atoms with Crippen LogP contribution in [0.3, 0.4) is 0 Å². The summed E-state index contributed by atoms with van der Waals surface area (Å²) in [5.74, 6) is 0. The second kappa shape index (κ2) is 7.13. The van der Waals surface area contributed by atoms with Crippen molar-refractivity contribution in [3.8, 4) is 0 Å². The Morgan fingerprint density at radius 1 is 1.10 bits per heavy atom. The van der Waals surface area contributed by atoms with E-state index in [0.29, 0.717) is 0 Å². The molecule has 1 unspecified atom stereocenters. The van der Waals surface area contributed by atoms with Gasteiger partial charge >= 0.3 is 12.4 Å². The number of benzene rings is 1. The van der Waals surface area contributed by atoms with Gasteiger partial charge in [0.25, 0.3) is 0 Å². The molecule has 0 radical (unpaired) electrons. The van der Waals surface area contributed by atoms with Crippen LogP contribution in [-0.4, -0.2) is 25.9 Å². The molecule has 21 heavy (non-hydrogen) atoms. The molecule has 0 fully saturated rings. The topological polar surface area (TPSA) is 21.3 Å². The Labute approximate surface area is 118 Å². The maximum Gasteiger partial charge on any atom is 0.416 e. The third kappa shape index (κ3) is 6.34. The number of rotatable bonds is 6. The first-order valence-electron chi connectivity index (χ1n) is 6.15. The Kier molecular flexibility index (Phi) is 6.03. The molecule has 0 heterocycles. The minimum Gasteiger partial charge on any atom is -0.371 e. The molecule has 0 bridgehead atoms. The summed E-state index contributed by atoms with van der Waals surface area (Å²) >= 11 is 0. The van der Waals surface area contributed by atoms with Crippen LogP contribution >= 0.6 is 0 Å². The van der Waals surface area contributed by atoms with E-state index in [-0.39, 0.29) is 18.7 Å². The molecule has 0 saturated heterocycles. The smallest absolute Gasteiger partial charge is 0.371 e. The van der Waals surface area contributed by atoms with Gasteiger partial charge in [0.05, 0.1) is 12.2 Å². The van der Waals surface area contributed by atoms with Gasteiger partial charge in [0, 0.05) is 12.6 Å². The summed E-state index contributed by atoms with van der Waals surface area (Å²) in [4.78, 5) is 0. The fourth-order valence-corrected chi connectivity index (χ4v) is 1.78. The number of hydrogen-bond acceptors (Lipinski definition) is 2. The maximum absolute atomic E-state index is 12.8. The quantitative estimate of drug-likeness (QED) is 0.634. The Hall–Kier alpha value is -1.28. The molecule has 1 N–H and O–H groups in total. The summed E-state index contributed by atoms with van der Waals surface area (Å²) in [5, 5.41) is 2.71. The highest BCUT2D eigenvalue weighted by molar-refractivity contribution is 5.31. The van der Waals surface area contributed by atoms with Crippen molar-refractivity contribution in [3.63, 3.8) is 0 Å². The van der Waals surface area contributed by atoms with E-state index >= 15 is 0 Å². The largest absolute Gasteiger partial charge is 0.416 e. The highest BCUT2D eigenvalue weighted by Gasteiger charge is 2.34. The first-order valence-corrected chi connectivity index (χ1v) is 6.15. The molecule has 1 aromatic carbocycles. The summed E-state index contributed by atoms with van der Waals surface area (Å²) < 4.78 is 78.2. The SMILES string of the molecule is CC(NCCOCC(F)(F)F)c1ccccc1C(F)(F)F. The van der Waals surface area contributed by atoms with Gasteiger partial charge < -0.3 is 10.1 Å². The molecule has 1 atom stereocenters. The number of ether oxygens (including phenoxy) is 1. The molecule has 0 amide bonds. The summed E-state index contributed by atoms with van der Waals surface area (Å²) in [6, 6.07) is 4.40. The monoisotopic (exact) mass is 315 g/mol. The van der Waals surface area contributed by atoms with Gasteiger partial charge in [-0.1, -0.05) is 18.2 Å². The van der Waals surface area contributed by atoms with Crippen LogP contribution < -0.4 is 5.32 Å². The average Bonchev–Trinajstić information content (AvgIpc) is 2.35. The summed E-state index contributed by atoms with van der Waals surface area (Å²) in [6.07, 6.45) is -8.88. The van der Waals surface area contributed by atoms with Crippen LogP contribution in [0.2, 0.25) is 0 Å². The van der Waals surface area contributed by atoms with Gasteiger partial charge in [0.2, 0.25) is 0 Å². The molecule has 0 aliphatic heterocycles. The zero-order valence-electron chi connectivity index (χ0n) is 11.2. The number of halogens is 6. The lowest BCUT2D eigenvalue weighted by Crippen LogP contribution is -2.27. The van der Waals surface area contributed by atoms with Crippen LogP contribution in [0.4, 0.5) is 26.3 Å². The van der Waals surface area contributed by atoms with Crippen molar-refractivity contribution in [1.82, 2.24) is 5.32 Å². The van der Waals surface area contributed by atoms with Gasteiger partial charge in [-0.15, -0.1) is 0 Å². The highest BCUT2D eigenvalue weighted by atomic mass is 19.4. The van der Waals surface area contributed by atoms with Crippen molar-refractivity contribution in [1.29, 1.82) is 0 Å². The predicted octanol–water partition coefficient (Wildman–Crippen LogP) is 3.93. The molecule has 8 heteroatoms. The Bertz CT molecular complexity index is 443. The first-order chi connectivity index (χ1) is 9.61. The van der Waals surface area contributed by atoms with Crippen LogP contribution in [0, 0.1) is 0 Å². The van der Waals surface area contributed by atoms with Crippen molar-refractivity contribution < 1.29 is 31.1 Å². The zero-order chi connectivity index (χ0) is 16.1. The van der Waals surface area contributed by atoms with E-state index < -0.39 is 30.6 Å². The summed E-state index contributed by atoms with van der Waals surface area (Å²) in [5.41, 5.74) is -0.720. The molecular formula is C13H15F6NO. The molecule has 0 aliphatic rings. The van der Waals surface area contributed by atoms with Gasteiger partial charge in [-0.05, 0) is 18.6 Å². The second-order valence-electron chi connectivity index (χ2n) is 4.43. The third-order valence-corrected chi connectivity index (χ3v) is 2.70. The van der Waals surface area contributed by atoms with E-state index in [1.165, 1.54) is 25.1 Å². The van der Waals surface area contributed by atoms with E-state index in [1.807, 2.05) is 0 Å². The summed E-state index contributed by atoms with van der Waals surface area (Å²) in [6.45, 7) is -0.0853. The maximum atomic E-state index is 12.8.